The summed E-state index contributed by atoms with van der Waals surface area (Å²) in [6, 6.07) is 13.0. The fourth-order valence-electron chi connectivity index (χ4n) is 2.24. The summed E-state index contributed by atoms with van der Waals surface area (Å²) in [6.07, 6.45) is 1.68. The number of allylic oxidation sites excluding steroid dienone is 1. The Balaban J connectivity index is 1.94. The zero-order valence-corrected chi connectivity index (χ0v) is 14.0. The molecule has 1 aromatic heterocycles. The maximum Gasteiger partial charge on any atom is 0.161 e. The number of aromatic nitrogens is 1. The highest BCUT2D eigenvalue weighted by Crippen LogP contribution is 2.30. The van der Waals surface area contributed by atoms with Gasteiger partial charge in [0.1, 0.15) is 16.9 Å². The molecule has 0 aliphatic rings. The minimum Gasteiger partial charge on any atom is -0.504 e. The standard InChI is InChI=1S/C19H13FN2O2S/c1-24-18-9-12(2-7-17(18)23)8-14(10-21)19-22-16(11-25-19)13-3-5-15(20)6-4-13/h2-9,11,23H,1H3. The van der Waals surface area contributed by atoms with Crippen LogP contribution in [0.1, 0.15) is 10.6 Å². The number of thiazole rings is 1. The first kappa shape index (κ1) is 16.7. The van der Waals surface area contributed by atoms with Crippen LogP contribution >= 0.6 is 11.3 Å². The number of hydrogen-bond donors (Lipinski definition) is 1. The Morgan fingerprint density at radius 2 is 2.04 bits per heavy atom. The summed E-state index contributed by atoms with van der Waals surface area (Å²) in [5.41, 5.74) is 2.58. The number of nitrogens with zero attached hydrogens (tertiary/aromatic N) is 2. The van der Waals surface area contributed by atoms with Crippen molar-refractivity contribution in [2.45, 2.75) is 0 Å². The summed E-state index contributed by atoms with van der Waals surface area (Å²) in [5, 5.41) is 21.5. The Labute approximate surface area is 148 Å². The summed E-state index contributed by atoms with van der Waals surface area (Å²) in [4.78, 5) is 4.46. The molecule has 0 saturated heterocycles. The molecule has 0 spiro atoms. The fraction of sp³-hybridized carbons (Fsp3) is 0.0526. The molecule has 2 aromatic carbocycles. The van der Waals surface area contributed by atoms with Crippen molar-refractivity contribution >= 4 is 23.0 Å². The molecule has 25 heavy (non-hydrogen) atoms. The molecule has 6 heteroatoms. The van der Waals surface area contributed by atoms with Crippen molar-refractivity contribution in [2.75, 3.05) is 7.11 Å². The first-order valence-corrected chi connectivity index (χ1v) is 8.19. The lowest BCUT2D eigenvalue weighted by Gasteiger charge is -2.04. The van der Waals surface area contributed by atoms with Gasteiger partial charge in [0, 0.05) is 10.9 Å². The van der Waals surface area contributed by atoms with Gasteiger partial charge in [-0.1, -0.05) is 6.07 Å². The van der Waals surface area contributed by atoms with Crippen LogP contribution in [-0.4, -0.2) is 17.2 Å². The number of aromatic hydroxyl groups is 1. The van der Waals surface area contributed by atoms with Gasteiger partial charge in [0.05, 0.1) is 18.4 Å². The van der Waals surface area contributed by atoms with E-state index in [1.807, 2.05) is 5.38 Å². The molecule has 0 unspecified atom stereocenters. The van der Waals surface area contributed by atoms with Gasteiger partial charge in [-0.15, -0.1) is 11.3 Å². The van der Waals surface area contributed by atoms with E-state index in [-0.39, 0.29) is 11.6 Å². The van der Waals surface area contributed by atoms with Crippen LogP contribution in [0, 0.1) is 17.1 Å². The molecule has 0 amide bonds. The second kappa shape index (κ2) is 7.16. The van der Waals surface area contributed by atoms with Gasteiger partial charge < -0.3 is 9.84 Å². The predicted molar refractivity (Wildman–Crippen MR) is 95.7 cm³/mol. The molecule has 0 bridgehead atoms. The maximum absolute atomic E-state index is 13.0. The van der Waals surface area contributed by atoms with Crippen LogP contribution in [0.4, 0.5) is 4.39 Å². The number of hydrogen-bond acceptors (Lipinski definition) is 5. The van der Waals surface area contributed by atoms with E-state index in [0.717, 1.165) is 5.56 Å². The van der Waals surface area contributed by atoms with E-state index in [4.69, 9.17) is 4.74 Å². The van der Waals surface area contributed by atoms with E-state index < -0.39 is 0 Å². The highest BCUT2D eigenvalue weighted by molar-refractivity contribution is 7.11. The van der Waals surface area contributed by atoms with Crippen molar-refractivity contribution < 1.29 is 14.2 Å². The zero-order chi connectivity index (χ0) is 17.8. The number of ether oxygens (including phenoxy) is 1. The van der Waals surface area contributed by atoms with E-state index in [1.54, 1.807) is 30.3 Å². The van der Waals surface area contributed by atoms with Gasteiger partial charge in [-0.2, -0.15) is 5.26 Å². The second-order valence-electron chi connectivity index (χ2n) is 5.15. The Kier molecular flexibility index (Phi) is 4.78. The lowest BCUT2D eigenvalue weighted by molar-refractivity contribution is 0.373. The number of methoxy groups -OCH3 is 1. The van der Waals surface area contributed by atoms with Crippen LogP contribution in [0.5, 0.6) is 11.5 Å². The van der Waals surface area contributed by atoms with E-state index in [0.29, 0.717) is 27.6 Å². The molecule has 0 fully saturated rings. The molecule has 0 aliphatic heterocycles. The van der Waals surface area contributed by atoms with Crippen LogP contribution < -0.4 is 4.74 Å². The van der Waals surface area contributed by atoms with Gasteiger partial charge in [0.2, 0.25) is 0 Å². The smallest absolute Gasteiger partial charge is 0.161 e. The lowest BCUT2D eigenvalue weighted by atomic mass is 10.1. The van der Waals surface area contributed by atoms with E-state index in [2.05, 4.69) is 11.1 Å². The van der Waals surface area contributed by atoms with Gasteiger partial charge in [0.25, 0.3) is 0 Å². The van der Waals surface area contributed by atoms with Crippen molar-refractivity contribution in [1.82, 2.24) is 4.98 Å². The summed E-state index contributed by atoms with van der Waals surface area (Å²) in [5.74, 6) is 0.0567. The van der Waals surface area contributed by atoms with Crippen LogP contribution in [0.2, 0.25) is 0 Å². The molecule has 124 valence electrons. The Morgan fingerprint density at radius 3 is 2.72 bits per heavy atom. The minimum atomic E-state index is -0.307. The van der Waals surface area contributed by atoms with Crippen molar-refractivity contribution in [3.05, 3.63) is 64.2 Å². The third kappa shape index (κ3) is 3.67. The average molecular weight is 352 g/mol. The minimum absolute atomic E-state index is 0.0333. The fourth-order valence-corrected chi connectivity index (χ4v) is 3.04. The van der Waals surface area contributed by atoms with Crippen LogP contribution in [0.3, 0.4) is 0 Å². The molecular weight excluding hydrogens is 339 g/mol. The molecule has 0 aliphatic carbocycles. The lowest BCUT2D eigenvalue weighted by Crippen LogP contribution is -1.86. The maximum atomic E-state index is 13.0. The molecule has 3 aromatic rings. The normalized spacial score (nSPS) is 11.2. The zero-order valence-electron chi connectivity index (χ0n) is 13.2. The monoisotopic (exact) mass is 352 g/mol. The van der Waals surface area contributed by atoms with Crippen LogP contribution in [-0.2, 0) is 0 Å². The van der Waals surface area contributed by atoms with Gasteiger partial charge >= 0.3 is 0 Å². The molecule has 4 nitrogen and oxygen atoms in total. The van der Waals surface area contributed by atoms with Crippen LogP contribution in [0.15, 0.2) is 47.8 Å². The number of phenols is 1. The molecule has 1 N–H and O–H groups in total. The highest BCUT2D eigenvalue weighted by Gasteiger charge is 2.10. The quantitative estimate of drug-likeness (QED) is 0.690. The van der Waals surface area contributed by atoms with Crippen molar-refractivity contribution in [2.24, 2.45) is 0 Å². The Hall–Kier alpha value is -3.17. The third-order valence-corrected chi connectivity index (χ3v) is 4.39. The summed E-state index contributed by atoms with van der Waals surface area (Å²) < 4.78 is 18.1. The van der Waals surface area contributed by atoms with Gasteiger partial charge in [-0.05, 0) is 48.0 Å². The number of halogens is 1. The van der Waals surface area contributed by atoms with Gasteiger partial charge in [-0.3, -0.25) is 0 Å². The van der Waals surface area contributed by atoms with E-state index in [1.165, 1.54) is 36.6 Å². The molecule has 0 saturated carbocycles. The van der Waals surface area contributed by atoms with Crippen molar-refractivity contribution in [3.63, 3.8) is 0 Å². The number of rotatable bonds is 4. The van der Waals surface area contributed by atoms with Crippen molar-refractivity contribution in [3.8, 4) is 28.8 Å². The molecule has 1 heterocycles. The van der Waals surface area contributed by atoms with E-state index >= 15 is 0 Å². The average Bonchev–Trinajstić information content (AvgIpc) is 3.11. The summed E-state index contributed by atoms with van der Waals surface area (Å²) in [6.45, 7) is 0. The highest BCUT2D eigenvalue weighted by atomic mass is 32.1. The first-order chi connectivity index (χ1) is 12.1. The topological polar surface area (TPSA) is 66.1 Å². The Morgan fingerprint density at radius 1 is 1.28 bits per heavy atom. The molecular formula is C19H13FN2O2S. The number of phenolic OH excluding ortho intramolecular Hbond substituents is 1. The second-order valence-corrected chi connectivity index (χ2v) is 6.00. The summed E-state index contributed by atoms with van der Waals surface area (Å²) >= 11 is 1.34. The summed E-state index contributed by atoms with van der Waals surface area (Å²) in [7, 11) is 1.46. The first-order valence-electron chi connectivity index (χ1n) is 7.31. The van der Waals surface area contributed by atoms with Gasteiger partial charge in [-0.25, -0.2) is 9.37 Å². The number of benzene rings is 2. The molecule has 0 atom stereocenters. The molecule has 3 rings (SSSR count). The Bertz CT molecular complexity index is 972. The molecule has 0 radical (unpaired) electrons. The number of nitriles is 1. The third-order valence-electron chi connectivity index (χ3n) is 3.51. The van der Waals surface area contributed by atoms with E-state index in [9.17, 15) is 14.8 Å². The predicted octanol–water partition coefficient (Wildman–Crippen LogP) is 4.73. The van der Waals surface area contributed by atoms with Gasteiger partial charge in [0.15, 0.2) is 11.5 Å². The van der Waals surface area contributed by atoms with Crippen LogP contribution in [0.25, 0.3) is 22.9 Å². The largest absolute Gasteiger partial charge is 0.504 e. The SMILES string of the molecule is COc1cc(C=C(C#N)c2nc(-c3ccc(F)cc3)cs2)ccc1O. The van der Waals surface area contributed by atoms with Crippen molar-refractivity contribution in [1.29, 1.82) is 5.26 Å².